The number of rotatable bonds is 7. The molecule has 0 saturated carbocycles. The molecule has 0 aliphatic heterocycles. The number of hydrogen-bond donors (Lipinski definition) is 2. The molecule has 1 amide bonds. The third-order valence-corrected chi connectivity index (χ3v) is 4.06. The van der Waals surface area contributed by atoms with Crippen molar-refractivity contribution in [3.05, 3.63) is 28.2 Å². The standard InChI is InChI=1S/C15H23Cl2N3O/c1-4-20(10-15(2,3)9-18)8-13(21)19-12-7-5-6-11(16)14(12)17/h5-7H,4,8-10,18H2,1-3H3,(H,19,21). The number of carbonyl (C=O) groups excluding carboxylic acids is 1. The molecule has 21 heavy (non-hydrogen) atoms. The lowest BCUT2D eigenvalue weighted by Gasteiger charge is -2.30. The number of likely N-dealkylation sites (N-methyl/N-ethyl adjacent to an activating group) is 1. The molecule has 3 N–H and O–H groups in total. The van der Waals surface area contributed by atoms with Crippen molar-refractivity contribution in [3.8, 4) is 0 Å². The SMILES string of the molecule is CCN(CC(=O)Nc1cccc(Cl)c1Cl)CC(C)(C)CN. The number of carbonyl (C=O) groups is 1. The number of benzene rings is 1. The lowest BCUT2D eigenvalue weighted by molar-refractivity contribution is -0.117. The average molecular weight is 332 g/mol. The molecule has 0 bridgehead atoms. The highest BCUT2D eigenvalue weighted by molar-refractivity contribution is 6.43. The molecule has 0 fully saturated rings. The molecule has 0 aromatic heterocycles. The predicted molar refractivity (Wildman–Crippen MR) is 90.0 cm³/mol. The number of amides is 1. The van der Waals surface area contributed by atoms with Crippen molar-refractivity contribution in [2.24, 2.45) is 11.1 Å². The minimum Gasteiger partial charge on any atom is -0.330 e. The Kier molecular flexibility index (Phi) is 6.94. The van der Waals surface area contributed by atoms with Crippen LogP contribution in [-0.2, 0) is 4.79 Å². The zero-order valence-corrected chi connectivity index (χ0v) is 14.3. The van der Waals surface area contributed by atoms with Gasteiger partial charge in [-0.3, -0.25) is 9.69 Å². The zero-order chi connectivity index (χ0) is 16.0. The first-order chi connectivity index (χ1) is 9.79. The molecule has 1 aromatic rings. The molecule has 0 spiro atoms. The Morgan fingerprint density at radius 1 is 1.38 bits per heavy atom. The Morgan fingerprint density at radius 2 is 2.05 bits per heavy atom. The van der Waals surface area contributed by atoms with Crippen molar-refractivity contribution in [2.45, 2.75) is 20.8 Å². The van der Waals surface area contributed by atoms with Crippen LogP contribution < -0.4 is 11.1 Å². The molecule has 0 saturated heterocycles. The molecule has 6 heteroatoms. The molecule has 1 aromatic carbocycles. The largest absolute Gasteiger partial charge is 0.330 e. The van der Waals surface area contributed by atoms with Gasteiger partial charge in [-0.15, -0.1) is 0 Å². The van der Waals surface area contributed by atoms with Crippen LogP contribution in [0.4, 0.5) is 5.69 Å². The van der Waals surface area contributed by atoms with Gasteiger partial charge in [0, 0.05) is 6.54 Å². The van der Waals surface area contributed by atoms with Gasteiger partial charge in [0.1, 0.15) is 0 Å². The van der Waals surface area contributed by atoms with Gasteiger partial charge in [0.25, 0.3) is 0 Å². The summed E-state index contributed by atoms with van der Waals surface area (Å²) < 4.78 is 0. The van der Waals surface area contributed by atoms with Gasteiger partial charge in [-0.25, -0.2) is 0 Å². The summed E-state index contributed by atoms with van der Waals surface area (Å²) in [6.45, 7) is 8.60. The molecule has 0 aliphatic carbocycles. The maximum Gasteiger partial charge on any atom is 0.238 e. The summed E-state index contributed by atoms with van der Waals surface area (Å²) in [4.78, 5) is 14.2. The summed E-state index contributed by atoms with van der Waals surface area (Å²) in [6.07, 6.45) is 0. The molecule has 0 unspecified atom stereocenters. The molecule has 0 heterocycles. The van der Waals surface area contributed by atoms with Crippen LogP contribution >= 0.6 is 23.2 Å². The fraction of sp³-hybridized carbons (Fsp3) is 0.533. The fourth-order valence-electron chi connectivity index (χ4n) is 1.94. The van der Waals surface area contributed by atoms with Gasteiger partial charge in [0.15, 0.2) is 0 Å². The normalized spacial score (nSPS) is 11.8. The Hall–Kier alpha value is -0.810. The number of anilines is 1. The second-order valence-electron chi connectivity index (χ2n) is 5.82. The van der Waals surface area contributed by atoms with Crippen molar-refractivity contribution in [2.75, 3.05) is 31.5 Å². The van der Waals surface area contributed by atoms with Gasteiger partial charge in [-0.05, 0) is 30.6 Å². The highest BCUT2D eigenvalue weighted by Gasteiger charge is 2.21. The van der Waals surface area contributed by atoms with Crippen LogP contribution in [0.15, 0.2) is 18.2 Å². The number of halogens is 2. The van der Waals surface area contributed by atoms with E-state index >= 15 is 0 Å². The van der Waals surface area contributed by atoms with Crippen molar-refractivity contribution in [1.82, 2.24) is 4.90 Å². The van der Waals surface area contributed by atoms with Crippen LogP contribution in [0.2, 0.25) is 10.0 Å². The summed E-state index contributed by atoms with van der Waals surface area (Å²) in [7, 11) is 0. The molecule has 1 rings (SSSR count). The monoisotopic (exact) mass is 331 g/mol. The Bertz CT molecular complexity index is 492. The van der Waals surface area contributed by atoms with E-state index in [0.717, 1.165) is 13.1 Å². The van der Waals surface area contributed by atoms with Crippen LogP contribution in [0.5, 0.6) is 0 Å². The van der Waals surface area contributed by atoms with Crippen LogP contribution in [0.25, 0.3) is 0 Å². The molecule has 0 radical (unpaired) electrons. The summed E-state index contributed by atoms with van der Waals surface area (Å²) in [5, 5.41) is 3.57. The summed E-state index contributed by atoms with van der Waals surface area (Å²) in [6, 6.07) is 5.16. The predicted octanol–water partition coefficient (Wildman–Crippen LogP) is 3.24. The molecular weight excluding hydrogens is 309 g/mol. The lowest BCUT2D eigenvalue weighted by atomic mass is 9.93. The van der Waals surface area contributed by atoms with Crippen LogP contribution in [-0.4, -0.2) is 37.0 Å². The van der Waals surface area contributed by atoms with Gasteiger partial charge in [-0.1, -0.05) is 50.0 Å². The van der Waals surface area contributed by atoms with Gasteiger partial charge in [-0.2, -0.15) is 0 Å². The van der Waals surface area contributed by atoms with E-state index in [1.807, 2.05) is 6.92 Å². The Balaban J connectivity index is 2.65. The zero-order valence-electron chi connectivity index (χ0n) is 12.7. The minimum absolute atomic E-state index is 0.0238. The highest BCUT2D eigenvalue weighted by Crippen LogP contribution is 2.29. The first-order valence-electron chi connectivity index (χ1n) is 6.95. The number of nitrogens with zero attached hydrogens (tertiary/aromatic N) is 1. The van der Waals surface area contributed by atoms with E-state index in [1.165, 1.54) is 0 Å². The van der Waals surface area contributed by atoms with Gasteiger partial charge >= 0.3 is 0 Å². The Morgan fingerprint density at radius 3 is 2.62 bits per heavy atom. The minimum atomic E-state index is -0.117. The molecule has 0 atom stereocenters. The van der Waals surface area contributed by atoms with Crippen LogP contribution in [0.1, 0.15) is 20.8 Å². The lowest BCUT2D eigenvalue weighted by Crippen LogP contribution is -2.42. The fourth-order valence-corrected chi connectivity index (χ4v) is 2.29. The quantitative estimate of drug-likeness (QED) is 0.806. The first-order valence-corrected chi connectivity index (χ1v) is 7.71. The number of nitrogens with one attached hydrogen (secondary N) is 1. The van der Waals surface area contributed by atoms with Crippen molar-refractivity contribution >= 4 is 34.8 Å². The van der Waals surface area contributed by atoms with Crippen LogP contribution in [0.3, 0.4) is 0 Å². The molecular formula is C15H23Cl2N3O. The average Bonchev–Trinajstić information content (AvgIpc) is 2.43. The second-order valence-corrected chi connectivity index (χ2v) is 6.61. The molecule has 0 aliphatic rings. The van der Waals surface area contributed by atoms with Crippen LogP contribution in [0, 0.1) is 5.41 Å². The Labute approximate surface area is 136 Å². The maximum absolute atomic E-state index is 12.1. The summed E-state index contributed by atoms with van der Waals surface area (Å²) in [5.74, 6) is -0.117. The number of hydrogen-bond acceptors (Lipinski definition) is 3. The van der Waals surface area contributed by atoms with Crippen molar-refractivity contribution < 1.29 is 4.79 Å². The molecule has 4 nitrogen and oxygen atoms in total. The molecule has 118 valence electrons. The first kappa shape index (κ1) is 18.2. The van der Waals surface area contributed by atoms with E-state index in [-0.39, 0.29) is 11.3 Å². The van der Waals surface area contributed by atoms with Crippen molar-refractivity contribution in [3.63, 3.8) is 0 Å². The van der Waals surface area contributed by atoms with Gasteiger partial charge in [0.2, 0.25) is 5.91 Å². The van der Waals surface area contributed by atoms with E-state index in [0.29, 0.717) is 28.8 Å². The highest BCUT2D eigenvalue weighted by atomic mass is 35.5. The number of nitrogens with two attached hydrogens (primary N) is 1. The van der Waals surface area contributed by atoms with E-state index in [9.17, 15) is 4.79 Å². The topological polar surface area (TPSA) is 58.4 Å². The summed E-state index contributed by atoms with van der Waals surface area (Å²) >= 11 is 12.0. The maximum atomic E-state index is 12.1. The van der Waals surface area contributed by atoms with Gasteiger partial charge in [0.05, 0.1) is 22.3 Å². The van der Waals surface area contributed by atoms with E-state index in [1.54, 1.807) is 18.2 Å². The van der Waals surface area contributed by atoms with E-state index in [2.05, 4.69) is 24.1 Å². The van der Waals surface area contributed by atoms with Gasteiger partial charge < -0.3 is 11.1 Å². The van der Waals surface area contributed by atoms with E-state index < -0.39 is 0 Å². The second kappa shape index (κ2) is 7.99. The third-order valence-electron chi connectivity index (χ3n) is 3.24. The van der Waals surface area contributed by atoms with E-state index in [4.69, 9.17) is 28.9 Å². The smallest absolute Gasteiger partial charge is 0.238 e. The summed E-state index contributed by atoms with van der Waals surface area (Å²) in [5.41, 5.74) is 6.25. The van der Waals surface area contributed by atoms with Crippen molar-refractivity contribution in [1.29, 1.82) is 0 Å². The third kappa shape index (κ3) is 5.83.